The second-order valence-corrected chi connectivity index (χ2v) is 23.1. The fourth-order valence-corrected chi connectivity index (χ4v) is 9.10. The van der Waals surface area contributed by atoms with E-state index in [9.17, 15) is 53.1 Å². The molecule has 0 bridgehead atoms. The second kappa shape index (κ2) is 33.7. The highest BCUT2D eigenvalue weighted by molar-refractivity contribution is 5.98. The number of nitrogens with one attached hydrogen (secondary N) is 3. The predicted octanol–water partition coefficient (Wildman–Crippen LogP) is 2.40. The first-order valence-electron chi connectivity index (χ1n) is 27.6. The first-order chi connectivity index (χ1) is 36.0. The third-order valence-corrected chi connectivity index (χ3v) is 14.2. The average molecular weight is 1110 g/mol. The maximum atomic E-state index is 15.0. The van der Waals surface area contributed by atoms with Crippen LogP contribution >= 0.6 is 0 Å². The topological polar surface area (TPSA) is 282 Å². The number of likely N-dealkylation sites (N-methyl/N-ethyl adjacent to an activating group) is 6. The number of aliphatic hydroxyl groups excluding tert-OH is 1. The van der Waals surface area contributed by atoms with Crippen molar-refractivity contribution in [3.05, 3.63) is 12.2 Å². The van der Waals surface area contributed by atoms with Crippen molar-refractivity contribution in [1.29, 1.82) is 0 Å². The van der Waals surface area contributed by atoms with E-state index in [0.717, 1.165) is 9.80 Å². The molecule has 0 aromatic heterocycles. The van der Waals surface area contributed by atoms with Gasteiger partial charge in [-0.1, -0.05) is 95.2 Å². The Labute approximate surface area is 466 Å². The molecule has 22 nitrogen and oxygen atoms in total. The molecule has 0 aliphatic carbocycles. The van der Waals surface area contributed by atoms with Gasteiger partial charge in [-0.25, -0.2) is 0 Å². The number of ether oxygens (including phenoxy) is 1. The zero-order chi connectivity index (χ0) is 61.0. The van der Waals surface area contributed by atoms with E-state index >= 15 is 0 Å². The van der Waals surface area contributed by atoms with Gasteiger partial charge in [0.15, 0.2) is 0 Å². The van der Waals surface area contributed by atoms with Crippen molar-refractivity contribution in [3.63, 3.8) is 0 Å². The van der Waals surface area contributed by atoms with Crippen LogP contribution in [-0.4, -0.2) is 210 Å². The van der Waals surface area contributed by atoms with E-state index in [4.69, 9.17) is 10.5 Å². The lowest BCUT2D eigenvalue weighted by molar-refractivity contribution is -0.157. The second-order valence-electron chi connectivity index (χ2n) is 23.1. The van der Waals surface area contributed by atoms with Crippen molar-refractivity contribution in [1.82, 2.24) is 45.3 Å². The Morgan fingerprint density at radius 3 is 1.40 bits per heavy atom. The molecule has 78 heavy (non-hydrogen) atoms. The maximum absolute atomic E-state index is 15.0. The van der Waals surface area contributed by atoms with Gasteiger partial charge in [-0.3, -0.25) is 47.9 Å². The lowest BCUT2D eigenvalue weighted by Gasteiger charge is -2.41. The van der Waals surface area contributed by atoms with Crippen molar-refractivity contribution in [2.75, 3.05) is 55.9 Å². The van der Waals surface area contributed by atoms with E-state index in [2.05, 4.69) is 16.0 Å². The number of esters is 1. The first kappa shape index (κ1) is 72.4. The van der Waals surface area contributed by atoms with Crippen LogP contribution in [0.5, 0.6) is 0 Å². The van der Waals surface area contributed by atoms with Crippen molar-refractivity contribution in [2.45, 2.75) is 196 Å². The number of hydrogen-bond donors (Lipinski definition) is 5. The lowest BCUT2D eigenvalue weighted by atomic mass is 9.91. The Morgan fingerprint density at radius 1 is 0.526 bits per heavy atom. The van der Waals surface area contributed by atoms with Gasteiger partial charge in [0, 0.05) is 42.3 Å². The van der Waals surface area contributed by atoms with Crippen LogP contribution in [0.2, 0.25) is 0 Å². The van der Waals surface area contributed by atoms with E-state index in [0.29, 0.717) is 12.8 Å². The van der Waals surface area contributed by atoms with Gasteiger partial charge >= 0.3 is 5.97 Å². The number of aliphatic hydroxyl groups is 1. The maximum Gasteiger partial charge on any atom is 0.325 e. The number of carbonyl (C=O) groups is 10. The Hall–Kier alpha value is -5.64. The molecule has 0 aromatic carbocycles. The van der Waals surface area contributed by atoms with Crippen molar-refractivity contribution in [2.24, 2.45) is 41.2 Å². The van der Waals surface area contributed by atoms with Crippen molar-refractivity contribution >= 4 is 59.1 Å². The van der Waals surface area contributed by atoms with Crippen LogP contribution in [0.15, 0.2) is 12.2 Å². The summed E-state index contributed by atoms with van der Waals surface area (Å²) < 4.78 is 4.70. The fourth-order valence-electron chi connectivity index (χ4n) is 9.10. The van der Waals surface area contributed by atoms with Gasteiger partial charge in [0.05, 0.1) is 19.3 Å². The summed E-state index contributed by atoms with van der Waals surface area (Å²) in [5.41, 5.74) is 6.13. The molecule has 6 N–H and O–H groups in total. The third kappa shape index (κ3) is 21.2. The number of nitrogens with two attached hydrogens (primary N) is 1. The summed E-state index contributed by atoms with van der Waals surface area (Å²) in [4.78, 5) is 146. The molecule has 0 radical (unpaired) electrons. The van der Waals surface area contributed by atoms with Crippen LogP contribution in [0.3, 0.4) is 0 Å². The van der Waals surface area contributed by atoms with Gasteiger partial charge in [0.25, 0.3) is 0 Å². The lowest BCUT2D eigenvalue weighted by Crippen LogP contribution is -2.63. The summed E-state index contributed by atoms with van der Waals surface area (Å²) in [6.07, 6.45) is 3.22. The van der Waals surface area contributed by atoms with Crippen LogP contribution < -0.4 is 21.7 Å². The first-order valence-corrected chi connectivity index (χ1v) is 27.6. The van der Waals surface area contributed by atoms with E-state index in [1.54, 1.807) is 54.5 Å². The smallest absolute Gasteiger partial charge is 0.325 e. The van der Waals surface area contributed by atoms with E-state index in [-0.39, 0.29) is 49.5 Å². The SMILES string of the molecule is C/C=C\C[C@H](C)[C@@H](O)[C@H](C(=O)N[C@H](CC)C(=O)N(C)CC(=O)OC)N(C)C(=O)[C@@H](C(C)C)N(C)C(=O)[C@@H](CC(C)C)N(C)C(=O)[C@H](CC(C)C)N(C)C(=O)[C@H](C)NC(=O)[C@@H](C)NC(=O)[C@H](CC(C)C)N(C)C(=O)[C@H](N)C(C)C. The minimum absolute atomic E-state index is 0.0103. The minimum Gasteiger partial charge on any atom is -0.468 e. The highest BCUT2D eigenvalue weighted by Gasteiger charge is 2.45. The normalized spacial score (nSPS) is 16.0. The summed E-state index contributed by atoms with van der Waals surface area (Å²) in [6, 6.07) is -10.3. The molecule has 0 fully saturated rings. The van der Waals surface area contributed by atoms with Gasteiger partial charge in [-0.15, -0.1) is 0 Å². The third-order valence-electron chi connectivity index (χ3n) is 14.2. The van der Waals surface area contributed by atoms with Crippen LogP contribution in [0.1, 0.15) is 136 Å². The number of allylic oxidation sites excluding steroid dienone is 2. The average Bonchev–Trinajstić information content (AvgIpc) is 3.36. The number of hydrogen-bond acceptors (Lipinski definition) is 13. The highest BCUT2D eigenvalue weighted by atomic mass is 16.5. The number of nitrogens with zero attached hydrogens (tertiary/aromatic N) is 6. The molecule has 0 heterocycles. The van der Waals surface area contributed by atoms with Gasteiger partial charge in [-0.2, -0.15) is 0 Å². The molecule has 0 aliphatic rings. The monoisotopic (exact) mass is 1110 g/mol. The molecule has 0 saturated heterocycles. The molecule has 0 saturated carbocycles. The molecular weight excluding hydrogens is 1000 g/mol. The van der Waals surface area contributed by atoms with Crippen molar-refractivity contribution in [3.8, 4) is 0 Å². The molecule has 0 aromatic rings. The Balaban J connectivity index is 6.97. The Kier molecular flexibility index (Phi) is 31.3. The molecule has 0 rings (SSSR count). The quantitative estimate of drug-likeness (QED) is 0.0479. The van der Waals surface area contributed by atoms with Crippen molar-refractivity contribution < 1.29 is 57.8 Å². The molecule has 9 amide bonds. The summed E-state index contributed by atoms with van der Waals surface area (Å²) >= 11 is 0. The molecule has 0 unspecified atom stereocenters. The molecular formula is C56H102N10O12. The van der Waals surface area contributed by atoms with Crippen LogP contribution in [0.25, 0.3) is 0 Å². The van der Waals surface area contributed by atoms with Gasteiger partial charge < -0.3 is 60.9 Å². The molecule has 22 heteroatoms. The van der Waals surface area contributed by atoms with Gasteiger partial charge in [-0.05, 0) is 88.4 Å². The van der Waals surface area contributed by atoms with E-state index in [1.807, 2.05) is 47.6 Å². The molecule has 11 atom stereocenters. The summed E-state index contributed by atoms with van der Waals surface area (Å²) in [6.45, 7) is 26.1. The van der Waals surface area contributed by atoms with Gasteiger partial charge in [0.2, 0.25) is 53.2 Å². The largest absolute Gasteiger partial charge is 0.468 e. The Morgan fingerprint density at radius 2 is 0.962 bits per heavy atom. The minimum atomic E-state index is -1.55. The summed E-state index contributed by atoms with van der Waals surface area (Å²) in [7, 11) is 9.75. The number of rotatable bonds is 32. The highest BCUT2D eigenvalue weighted by Crippen LogP contribution is 2.25. The number of methoxy groups -OCH3 is 1. The number of amides is 9. The summed E-state index contributed by atoms with van der Waals surface area (Å²) in [5.74, 6) is -7.85. The van der Waals surface area contributed by atoms with Crippen LogP contribution in [-0.2, 0) is 52.7 Å². The Bertz CT molecular complexity index is 2050. The zero-order valence-corrected chi connectivity index (χ0v) is 51.3. The molecule has 448 valence electrons. The fraction of sp³-hybridized carbons (Fsp3) is 0.786. The zero-order valence-electron chi connectivity index (χ0n) is 51.3. The van der Waals surface area contributed by atoms with Gasteiger partial charge in [0.1, 0.15) is 54.9 Å². The van der Waals surface area contributed by atoms with Crippen LogP contribution in [0.4, 0.5) is 0 Å². The standard InChI is InChI=1S/C56H102N10O12/c1-23-25-26-36(13)47(68)46(50(71)60-39(24-2)52(73)61(16)30-43(67)78-22)66(21)56(77)45(35(11)12)65(20)54(75)42(29-33(7)8)64(19)53(74)41(28-32(5)6)63(18)51(72)38(15)59-48(69)37(14)58-49(70)40(27-31(3)4)62(17)55(76)44(57)34(9)10/h23,25,31-42,44-47,68H,24,26-30,57H2,1-22H3,(H,58,70)(H,59,69)(H,60,71)/b25-23-/t36-,37+,38-,39+,40-,41-,42+,44+,45+,46+,47+/m0/s1. The molecule has 0 aliphatic heterocycles. The van der Waals surface area contributed by atoms with Crippen LogP contribution in [0, 0.1) is 35.5 Å². The summed E-state index contributed by atoms with van der Waals surface area (Å²) in [5, 5.41) is 19.9. The van der Waals surface area contributed by atoms with E-state index < -0.39 is 131 Å². The predicted molar refractivity (Wildman–Crippen MR) is 300 cm³/mol. The van der Waals surface area contributed by atoms with E-state index in [1.165, 1.54) is 82.8 Å². The number of carbonyl (C=O) groups excluding carboxylic acids is 10. The molecule has 0 spiro atoms.